The van der Waals surface area contributed by atoms with Crippen molar-refractivity contribution in [2.75, 3.05) is 44.2 Å². The average molecular weight is 402 g/mol. The fourth-order valence-corrected chi connectivity index (χ4v) is 4.07. The average Bonchev–Trinajstić information content (AvgIpc) is 3.41. The number of nitrogens with one attached hydrogen (secondary N) is 1. The molecule has 2 aliphatic rings. The van der Waals surface area contributed by atoms with E-state index in [1.165, 1.54) is 6.26 Å². The molecule has 29 heavy (non-hydrogen) atoms. The normalized spacial score (nSPS) is 27.9. The van der Waals surface area contributed by atoms with E-state index in [1.807, 2.05) is 18.2 Å². The Bertz CT molecular complexity index is 779. The highest BCUT2D eigenvalue weighted by Gasteiger charge is 2.46. The number of amides is 1. The van der Waals surface area contributed by atoms with Gasteiger partial charge >= 0.3 is 0 Å². The number of carbonyl (C=O) groups is 1. The van der Waals surface area contributed by atoms with Crippen LogP contribution in [0.1, 0.15) is 10.6 Å². The summed E-state index contributed by atoms with van der Waals surface area (Å²) >= 11 is 0. The second-order valence-corrected chi connectivity index (χ2v) is 7.28. The molecule has 9 heteroatoms. The maximum absolute atomic E-state index is 12.2. The SMILES string of the molecule is O=C(NCC1OC(CO)C(O)C1N1CCN(c2ccccn2)CC1)c1ccco1. The summed E-state index contributed by atoms with van der Waals surface area (Å²) in [4.78, 5) is 21.0. The summed E-state index contributed by atoms with van der Waals surface area (Å²) < 4.78 is 11.0. The molecule has 3 N–H and O–H groups in total. The van der Waals surface area contributed by atoms with Crippen molar-refractivity contribution in [2.45, 2.75) is 24.4 Å². The van der Waals surface area contributed by atoms with E-state index in [-0.39, 0.29) is 30.9 Å². The van der Waals surface area contributed by atoms with E-state index in [4.69, 9.17) is 9.15 Å². The van der Waals surface area contributed by atoms with E-state index in [9.17, 15) is 15.0 Å². The Balaban J connectivity index is 1.39. The van der Waals surface area contributed by atoms with Gasteiger partial charge in [-0.1, -0.05) is 6.07 Å². The Morgan fingerprint density at radius 1 is 1.17 bits per heavy atom. The predicted molar refractivity (Wildman–Crippen MR) is 105 cm³/mol. The molecular formula is C20H26N4O5. The zero-order valence-electron chi connectivity index (χ0n) is 16.1. The van der Waals surface area contributed by atoms with Crippen molar-refractivity contribution < 1.29 is 24.2 Å². The number of anilines is 1. The molecule has 4 rings (SSSR count). The number of carbonyl (C=O) groups excluding carboxylic acids is 1. The lowest BCUT2D eigenvalue weighted by atomic mass is 10.0. The number of piperazine rings is 1. The number of aromatic nitrogens is 1. The number of pyridine rings is 1. The minimum atomic E-state index is -0.827. The molecule has 0 saturated carbocycles. The molecule has 4 atom stereocenters. The van der Waals surface area contributed by atoms with Crippen LogP contribution < -0.4 is 10.2 Å². The zero-order chi connectivity index (χ0) is 20.2. The number of rotatable bonds is 6. The monoisotopic (exact) mass is 402 g/mol. The van der Waals surface area contributed by atoms with Gasteiger partial charge in [-0.15, -0.1) is 0 Å². The van der Waals surface area contributed by atoms with Crippen molar-refractivity contribution in [3.8, 4) is 0 Å². The Labute approximate surface area is 168 Å². The molecule has 2 aliphatic heterocycles. The Morgan fingerprint density at radius 2 is 2.00 bits per heavy atom. The van der Waals surface area contributed by atoms with Crippen LogP contribution in [0.25, 0.3) is 0 Å². The van der Waals surface area contributed by atoms with Crippen LogP contribution in [0, 0.1) is 0 Å². The first-order valence-corrected chi connectivity index (χ1v) is 9.83. The lowest BCUT2D eigenvalue weighted by Crippen LogP contribution is -2.57. The third-order valence-electron chi connectivity index (χ3n) is 5.56. The summed E-state index contributed by atoms with van der Waals surface area (Å²) in [7, 11) is 0. The summed E-state index contributed by atoms with van der Waals surface area (Å²) in [6.45, 7) is 2.95. The second-order valence-electron chi connectivity index (χ2n) is 7.28. The fourth-order valence-electron chi connectivity index (χ4n) is 4.07. The summed E-state index contributed by atoms with van der Waals surface area (Å²) in [5, 5.41) is 23.1. The number of nitrogens with zero attached hydrogens (tertiary/aromatic N) is 3. The summed E-state index contributed by atoms with van der Waals surface area (Å²) in [6.07, 6.45) is 1.30. The number of aliphatic hydroxyl groups excluding tert-OH is 2. The van der Waals surface area contributed by atoms with Gasteiger partial charge in [-0.3, -0.25) is 9.69 Å². The van der Waals surface area contributed by atoms with Crippen molar-refractivity contribution in [1.82, 2.24) is 15.2 Å². The van der Waals surface area contributed by atoms with Gasteiger partial charge in [-0.2, -0.15) is 0 Å². The van der Waals surface area contributed by atoms with Gasteiger partial charge in [0.15, 0.2) is 5.76 Å². The largest absolute Gasteiger partial charge is 0.459 e. The van der Waals surface area contributed by atoms with Crippen molar-refractivity contribution in [2.24, 2.45) is 0 Å². The number of hydrogen-bond acceptors (Lipinski definition) is 8. The second kappa shape index (κ2) is 8.91. The summed E-state index contributed by atoms with van der Waals surface area (Å²) in [5.74, 6) is 0.827. The summed E-state index contributed by atoms with van der Waals surface area (Å²) in [6, 6.07) is 8.77. The fraction of sp³-hybridized carbons (Fsp3) is 0.500. The molecule has 0 spiro atoms. The van der Waals surface area contributed by atoms with E-state index < -0.39 is 18.3 Å². The highest BCUT2D eigenvalue weighted by Crippen LogP contribution is 2.27. The molecule has 4 unspecified atom stereocenters. The van der Waals surface area contributed by atoms with Gasteiger partial charge in [0.1, 0.15) is 18.0 Å². The van der Waals surface area contributed by atoms with Crippen LogP contribution in [0.15, 0.2) is 47.2 Å². The Morgan fingerprint density at radius 3 is 2.66 bits per heavy atom. The first-order chi connectivity index (χ1) is 14.2. The third kappa shape index (κ3) is 4.27. The first kappa shape index (κ1) is 19.8. The standard InChI is InChI=1S/C20H26N4O5/c25-13-16-19(26)18(15(29-16)12-22-20(27)14-4-3-11-28-14)24-9-7-23(8-10-24)17-5-1-2-6-21-17/h1-6,11,15-16,18-19,25-26H,7-10,12-13H2,(H,22,27). The van der Waals surface area contributed by atoms with Crippen LogP contribution in [0.5, 0.6) is 0 Å². The molecule has 0 aromatic carbocycles. The molecule has 0 bridgehead atoms. The van der Waals surface area contributed by atoms with Gasteiger partial charge in [-0.25, -0.2) is 4.98 Å². The van der Waals surface area contributed by atoms with Gasteiger partial charge in [-0.05, 0) is 24.3 Å². The number of ether oxygens (including phenoxy) is 1. The van der Waals surface area contributed by atoms with E-state index in [0.29, 0.717) is 0 Å². The molecule has 2 saturated heterocycles. The molecule has 2 aromatic heterocycles. The number of hydrogen-bond donors (Lipinski definition) is 3. The summed E-state index contributed by atoms with van der Waals surface area (Å²) in [5.41, 5.74) is 0. The smallest absolute Gasteiger partial charge is 0.287 e. The molecule has 9 nitrogen and oxygen atoms in total. The molecule has 0 aliphatic carbocycles. The zero-order valence-corrected chi connectivity index (χ0v) is 16.1. The minimum Gasteiger partial charge on any atom is -0.459 e. The molecule has 2 aromatic rings. The van der Waals surface area contributed by atoms with E-state index in [2.05, 4.69) is 20.1 Å². The quantitative estimate of drug-likeness (QED) is 0.605. The van der Waals surface area contributed by atoms with Crippen LogP contribution >= 0.6 is 0 Å². The van der Waals surface area contributed by atoms with Crippen LogP contribution in [0.2, 0.25) is 0 Å². The van der Waals surface area contributed by atoms with Crippen molar-refractivity contribution in [3.63, 3.8) is 0 Å². The molecule has 1 amide bonds. The van der Waals surface area contributed by atoms with Gasteiger partial charge in [0.25, 0.3) is 5.91 Å². The van der Waals surface area contributed by atoms with Crippen LogP contribution in [0.3, 0.4) is 0 Å². The van der Waals surface area contributed by atoms with Crippen LogP contribution in [-0.4, -0.2) is 89.7 Å². The van der Waals surface area contributed by atoms with Gasteiger partial charge in [0.2, 0.25) is 0 Å². The van der Waals surface area contributed by atoms with Crippen molar-refractivity contribution in [3.05, 3.63) is 48.6 Å². The van der Waals surface area contributed by atoms with Gasteiger partial charge in [0.05, 0.1) is 25.0 Å². The number of furan rings is 1. The van der Waals surface area contributed by atoms with Gasteiger partial charge < -0.3 is 29.6 Å². The maximum atomic E-state index is 12.2. The molecule has 2 fully saturated rings. The molecule has 156 valence electrons. The Kier molecular flexibility index (Phi) is 6.10. The van der Waals surface area contributed by atoms with E-state index in [0.717, 1.165) is 32.0 Å². The minimum absolute atomic E-state index is 0.220. The first-order valence-electron chi connectivity index (χ1n) is 9.83. The van der Waals surface area contributed by atoms with Crippen LogP contribution in [-0.2, 0) is 4.74 Å². The molecule has 0 radical (unpaired) electrons. The highest BCUT2D eigenvalue weighted by atomic mass is 16.5. The van der Waals surface area contributed by atoms with Crippen molar-refractivity contribution >= 4 is 11.7 Å². The molecule has 4 heterocycles. The Hall–Kier alpha value is -2.46. The van der Waals surface area contributed by atoms with E-state index >= 15 is 0 Å². The topological polar surface area (TPSA) is 111 Å². The predicted octanol–water partition coefficient (Wildman–Crippen LogP) is -0.284. The lowest BCUT2D eigenvalue weighted by molar-refractivity contribution is -0.0209. The van der Waals surface area contributed by atoms with E-state index in [1.54, 1.807) is 18.3 Å². The number of aliphatic hydroxyl groups is 2. The van der Waals surface area contributed by atoms with Crippen LogP contribution in [0.4, 0.5) is 5.82 Å². The van der Waals surface area contributed by atoms with Crippen molar-refractivity contribution in [1.29, 1.82) is 0 Å². The van der Waals surface area contributed by atoms with Gasteiger partial charge in [0, 0.05) is 38.9 Å². The highest BCUT2D eigenvalue weighted by molar-refractivity contribution is 5.91. The maximum Gasteiger partial charge on any atom is 0.287 e. The third-order valence-corrected chi connectivity index (χ3v) is 5.56. The molecular weight excluding hydrogens is 376 g/mol. The lowest BCUT2D eigenvalue weighted by Gasteiger charge is -2.40.